The number of oxazole rings is 1. The van der Waals surface area contributed by atoms with Crippen LogP contribution in [0, 0.1) is 0 Å². The Morgan fingerprint density at radius 3 is 2.45 bits per heavy atom. The van der Waals surface area contributed by atoms with Gasteiger partial charge in [0.25, 0.3) is 0 Å². The first-order valence-corrected chi connectivity index (χ1v) is 9.52. The Hall–Kier alpha value is -4.52. The summed E-state index contributed by atoms with van der Waals surface area (Å²) in [7, 11) is 0. The maximum absolute atomic E-state index is 11.6. The van der Waals surface area contributed by atoms with Crippen molar-refractivity contribution in [1.29, 1.82) is 0 Å². The highest BCUT2D eigenvalue weighted by atomic mass is 16.4. The number of carbonyl (C=O) groups is 1. The molecule has 0 radical (unpaired) electrons. The number of nitrogens with two attached hydrogens (primary N) is 1. The fourth-order valence-electron chi connectivity index (χ4n) is 3.40. The summed E-state index contributed by atoms with van der Waals surface area (Å²) in [5.41, 5.74) is 9.43. The quantitative estimate of drug-likeness (QED) is 0.266. The third-order valence-electron chi connectivity index (χ3n) is 4.97. The predicted octanol–water partition coefficient (Wildman–Crippen LogP) is 6.34. The number of fused-ring (bicyclic) bond motifs is 2. The number of benzene rings is 4. The first kappa shape index (κ1) is 18.5. The van der Waals surface area contributed by atoms with Crippen LogP contribution < -0.4 is 5.73 Å². The van der Waals surface area contributed by atoms with Crippen LogP contribution in [-0.2, 0) is 0 Å². The van der Waals surface area contributed by atoms with Crippen molar-refractivity contribution in [2.45, 2.75) is 0 Å². The average Bonchev–Trinajstić information content (AvgIpc) is 3.22. The van der Waals surface area contributed by atoms with Crippen LogP contribution in [0.25, 0.3) is 33.3 Å². The fourth-order valence-corrected chi connectivity index (χ4v) is 3.40. The largest absolute Gasteiger partial charge is 0.478 e. The maximum Gasteiger partial charge on any atom is 0.337 e. The van der Waals surface area contributed by atoms with Gasteiger partial charge in [0.05, 0.1) is 16.9 Å². The third kappa shape index (κ3) is 3.38. The van der Waals surface area contributed by atoms with E-state index < -0.39 is 5.97 Å². The van der Waals surface area contributed by atoms with Crippen molar-refractivity contribution in [3.8, 4) is 11.5 Å². The lowest BCUT2D eigenvalue weighted by Crippen LogP contribution is -2.02. The molecule has 31 heavy (non-hydrogen) atoms. The summed E-state index contributed by atoms with van der Waals surface area (Å²) in [6.07, 6.45) is 0. The van der Waals surface area contributed by atoms with Crippen LogP contribution in [0.5, 0.6) is 0 Å². The van der Waals surface area contributed by atoms with Gasteiger partial charge in [0, 0.05) is 10.9 Å². The van der Waals surface area contributed by atoms with E-state index in [9.17, 15) is 9.90 Å². The summed E-state index contributed by atoms with van der Waals surface area (Å²) in [5, 5.41) is 19.5. The average molecular weight is 408 g/mol. The molecule has 5 rings (SSSR count). The number of azo groups is 1. The zero-order chi connectivity index (χ0) is 21.4. The predicted molar refractivity (Wildman–Crippen MR) is 119 cm³/mol. The summed E-state index contributed by atoms with van der Waals surface area (Å²) < 4.78 is 5.79. The van der Waals surface area contributed by atoms with E-state index >= 15 is 0 Å². The molecule has 0 aliphatic rings. The second kappa shape index (κ2) is 7.38. The molecule has 4 aromatic carbocycles. The molecule has 150 valence electrons. The fraction of sp³-hybridized carbons (Fsp3) is 0. The number of para-hydroxylation sites is 2. The van der Waals surface area contributed by atoms with E-state index in [2.05, 4.69) is 15.2 Å². The molecule has 1 heterocycles. The Morgan fingerprint density at radius 2 is 1.68 bits per heavy atom. The first-order chi connectivity index (χ1) is 15.1. The lowest BCUT2D eigenvalue weighted by Gasteiger charge is -2.08. The molecule has 3 N–H and O–H groups in total. The highest BCUT2D eigenvalue weighted by Gasteiger charge is 2.15. The number of anilines is 1. The molecular weight excluding hydrogens is 392 g/mol. The van der Waals surface area contributed by atoms with Crippen molar-refractivity contribution >= 4 is 44.9 Å². The number of aromatic nitrogens is 1. The maximum atomic E-state index is 11.6. The second-order valence-corrected chi connectivity index (χ2v) is 6.95. The molecular formula is C24H16N4O3. The van der Waals surface area contributed by atoms with Crippen molar-refractivity contribution in [1.82, 2.24) is 4.98 Å². The van der Waals surface area contributed by atoms with Crippen molar-refractivity contribution in [2.24, 2.45) is 10.2 Å². The van der Waals surface area contributed by atoms with E-state index in [0.29, 0.717) is 17.3 Å². The second-order valence-electron chi connectivity index (χ2n) is 6.95. The number of carboxylic acids is 1. The Kier molecular flexibility index (Phi) is 4.41. The van der Waals surface area contributed by atoms with E-state index in [-0.39, 0.29) is 11.3 Å². The normalized spacial score (nSPS) is 11.5. The molecule has 0 atom stereocenters. The van der Waals surface area contributed by atoms with Crippen LogP contribution in [0.15, 0.2) is 93.5 Å². The molecule has 0 unspecified atom stereocenters. The van der Waals surface area contributed by atoms with Crippen LogP contribution >= 0.6 is 0 Å². The number of aromatic carboxylic acids is 1. The number of nitrogen functional groups attached to an aromatic ring is 1. The van der Waals surface area contributed by atoms with Crippen LogP contribution in [0.4, 0.5) is 17.1 Å². The van der Waals surface area contributed by atoms with Gasteiger partial charge in [-0.2, -0.15) is 5.11 Å². The Labute approximate surface area is 176 Å². The molecule has 0 saturated carbocycles. The van der Waals surface area contributed by atoms with Crippen molar-refractivity contribution in [3.05, 3.63) is 84.4 Å². The Morgan fingerprint density at radius 1 is 0.935 bits per heavy atom. The topological polar surface area (TPSA) is 114 Å². The van der Waals surface area contributed by atoms with E-state index in [4.69, 9.17) is 10.2 Å². The van der Waals surface area contributed by atoms with Gasteiger partial charge in [-0.15, -0.1) is 5.11 Å². The molecule has 0 spiro atoms. The van der Waals surface area contributed by atoms with E-state index in [1.165, 1.54) is 0 Å². The molecule has 5 aromatic rings. The lowest BCUT2D eigenvalue weighted by atomic mass is 10.0. The van der Waals surface area contributed by atoms with Gasteiger partial charge in [0.15, 0.2) is 5.58 Å². The lowest BCUT2D eigenvalue weighted by molar-refractivity contribution is 0.0698. The SMILES string of the molecule is Nc1c(C(=O)O)cc2ccccc2c1N=Nc1ccc(-c2nc3ccccc3o2)cc1. The highest BCUT2D eigenvalue weighted by molar-refractivity contribution is 6.07. The van der Waals surface area contributed by atoms with Gasteiger partial charge in [0.2, 0.25) is 5.89 Å². The van der Waals surface area contributed by atoms with Crippen molar-refractivity contribution < 1.29 is 14.3 Å². The van der Waals surface area contributed by atoms with Crippen LogP contribution in [0.3, 0.4) is 0 Å². The minimum atomic E-state index is -1.11. The van der Waals surface area contributed by atoms with Crippen molar-refractivity contribution in [3.63, 3.8) is 0 Å². The van der Waals surface area contributed by atoms with Crippen LogP contribution in [-0.4, -0.2) is 16.1 Å². The molecule has 0 fully saturated rings. The van der Waals surface area contributed by atoms with Gasteiger partial charge >= 0.3 is 5.97 Å². The third-order valence-corrected chi connectivity index (χ3v) is 4.97. The summed E-state index contributed by atoms with van der Waals surface area (Å²) in [4.78, 5) is 16.0. The molecule has 0 aliphatic heterocycles. The van der Waals surface area contributed by atoms with Crippen LogP contribution in [0.2, 0.25) is 0 Å². The standard InChI is InChI=1S/C24H16N4O3/c25-21-18(24(29)30)13-15-5-1-2-6-17(15)22(21)28-27-16-11-9-14(10-12-16)23-26-19-7-3-4-8-20(19)31-23/h1-13H,25H2,(H,29,30). The molecule has 0 amide bonds. The molecule has 0 saturated heterocycles. The zero-order valence-electron chi connectivity index (χ0n) is 16.2. The van der Waals surface area contributed by atoms with Gasteiger partial charge < -0.3 is 15.3 Å². The first-order valence-electron chi connectivity index (χ1n) is 9.52. The van der Waals surface area contributed by atoms with E-state index in [1.54, 1.807) is 18.2 Å². The van der Waals surface area contributed by atoms with Gasteiger partial charge in [-0.05, 0) is 47.9 Å². The number of nitrogens with zero attached hydrogens (tertiary/aromatic N) is 3. The molecule has 7 nitrogen and oxygen atoms in total. The summed E-state index contributed by atoms with van der Waals surface area (Å²) in [6, 6.07) is 23.7. The van der Waals surface area contributed by atoms with Gasteiger partial charge in [0.1, 0.15) is 11.2 Å². The minimum Gasteiger partial charge on any atom is -0.478 e. The number of hydrogen-bond donors (Lipinski definition) is 2. The van der Waals surface area contributed by atoms with Gasteiger partial charge in [-0.1, -0.05) is 36.4 Å². The van der Waals surface area contributed by atoms with Gasteiger partial charge in [-0.25, -0.2) is 9.78 Å². The molecule has 0 bridgehead atoms. The van der Waals surface area contributed by atoms with E-state index in [1.807, 2.05) is 60.7 Å². The minimum absolute atomic E-state index is 0.000965. The summed E-state index contributed by atoms with van der Waals surface area (Å²) in [6.45, 7) is 0. The highest BCUT2D eigenvalue weighted by Crippen LogP contribution is 2.36. The Bertz CT molecular complexity index is 1440. The van der Waals surface area contributed by atoms with Crippen LogP contribution in [0.1, 0.15) is 10.4 Å². The zero-order valence-corrected chi connectivity index (χ0v) is 16.2. The van der Waals surface area contributed by atoms with Gasteiger partial charge in [-0.3, -0.25) is 0 Å². The van der Waals surface area contributed by atoms with E-state index in [0.717, 1.165) is 27.4 Å². The number of hydrogen-bond acceptors (Lipinski definition) is 6. The Balaban J connectivity index is 1.50. The smallest absolute Gasteiger partial charge is 0.337 e. The monoisotopic (exact) mass is 408 g/mol. The summed E-state index contributed by atoms with van der Waals surface area (Å²) >= 11 is 0. The molecule has 1 aromatic heterocycles. The number of carboxylic acid groups (broad SMARTS) is 1. The number of rotatable bonds is 4. The molecule has 0 aliphatic carbocycles. The molecule has 7 heteroatoms. The van der Waals surface area contributed by atoms with Crippen molar-refractivity contribution in [2.75, 3.05) is 5.73 Å². The summed E-state index contributed by atoms with van der Waals surface area (Å²) in [5.74, 6) is -0.587.